The van der Waals surface area contributed by atoms with Gasteiger partial charge >= 0.3 is 0 Å². The van der Waals surface area contributed by atoms with Crippen molar-refractivity contribution >= 4 is 115 Å². The first-order valence-electron chi connectivity index (χ1n) is 39.0. The van der Waals surface area contributed by atoms with Gasteiger partial charge in [0.05, 0.1) is 62.1 Å². The van der Waals surface area contributed by atoms with Gasteiger partial charge in [-0.1, -0.05) is 208 Å². The molecule has 125 heavy (non-hydrogen) atoms. The molecule has 4 heterocycles. The molecule has 0 radical (unpaired) electrons. The molecule has 4 aromatic heterocycles. The molecule has 0 unspecified atom stereocenters. The largest absolute Gasteiger partial charge is 0.371 e. The Morgan fingerprint density at radius 2 is 0.632 bits per heavy atom. The third-order valence-electron chi connectivity index (χ3n) is 20.0. The van der Waals surface area contributed by atoms with Crippen LogP contribution in [0.5, 0.6) is 0 Å². The predicted octanol–water partition coefficient (Wildman–Crippen LogP) is 16.7. The Morgan fingerprint density at radius 1 is 0.368 bits per heavy atom. The van der Waals surface area contributed by atoms with Gasteiger partial charge in [0.2, 0.25) is 47.2 Å². The number of carbonyl (C=O) groups excluding carboxylic acids is 6. The quantitative estimate of drug-likeness (QED) is 0.0174. The number of carbonyl (C=O) groups is 6. The average Bonchev–Trinajstić information content (AvgIpc) is 1.76. The molecule has 12 aromatic rings. The van der Waals surface area contributed by atoms with Crippen LogP contribution in [0.2, 0.25) is 0 Å². The van der Waals surface area contributed by atoms with Crippen molar-refractivity contribution in [2.24, 2.45) is 58.1 Å². The molecule has 4 aliphatic carbocycles. The summed E-state index contributed by atoms with van der Waals surface area (Å²) in [6.45, 7) is 0. The second-order valence-electron chi connectivity index (χ2n) is 29.7. The zero-order valence-electron chi connectivity index (χ0n) is 65.8. The minimum Gasteiger partial charge on any atom is -0.371 e. The van der Waals surface area contributed by atoms with Crippen LogP contribution in [0.4, 0.5) is 80.9 Å². The SMILES string of the molecule is C.C.N#Cc1cc(F)c(N[C@H](CC2CC2)C(N)=O)cc1Br.N#Cc1cc(F)c(N[C@H](CC2CC2)C(N)=O)cc1Nc1cc(-c2ccccc2)no1.NC(=O)c1cc(F)c(N[C@H](CC2CC2)C(N)=O)cc1Nc1cc(-c2ccccc2)no1.NC(=O)c1cc(F)c(N[C@H](CC2CC2)C(N)=O)cc1Nc1cc(-c2ccccc2)no1.Nc1cc(-c2ccccc2)no1. The van der Waals surface area contributed by atoms with E-state index < -0.39 is 82.9 Å². The zero-order chi connectivity index (χ0) is 87.4. The molecule has 4 saturated carbocycles. The van der Waals surface area contributed by atoms with Crippen molar-refractivity contribution in [3.8, 4) is 57.2 Å². The summed E-state index contributed by atoms with van der Waals surface area (Å²) in [5.41, 5.74) is 45.3. The standard InChI is InChI=1S/2C22H22FN5O3.C22H20FN5O2.C13H13BrFN3O.C9H8N2O.2CH4/c2*23-15-9-14(21(24)29)17(10-18(15)26-19(22(25)30)8-12-6-7-12)27-20-11-16(28-31-20)13-4-2-1-3-5-13;23-16-9-15(12-24)17(10-19(16)26-20(22(25)29)8-13-6-7-13)27-21-11-18(28-30-21)14-4-2-1-3-5-14;14-9-5-11(10(15)4-8(9)6-16)18-12(13(17)19)3-7-1-2-7;10-9-6-8(11-12-9)7-4-2-1-3-5-7;;/h2*1-5,9-12,19,26-27H,6-8H2,(H2,24,29)(H2,25,30);1-5,9-11,13,20,26-27H,6-8H2,(H2,25,29);4-5,7,12,18H,1-3H2,(H2,17,19);1-6H,10H2;2*1H4/t2*19-;20-;12-;;;/m1111.../s1. The number of amides is 6. The van der Waals surface area contributed by atoms with E-state index in [1.807, 2.05) is 133 Å². The van der Waals surface area contributed by atoms with Crippen LogP contribution in [0.15, 0.2) is 217 Å². The number of nitrogens with zero attached hydrogens (tertiary/aromatic N) is 6. The maximum atomic E-state index is 14.6. The Labute approximate surface area is 724 Å². The molecule has 0 spiro atoms. The fraction of sp³-hybridized carbons (Fsp3) is 0.244. The number of nitriles is 2. The molecular weight excluding hydrogens is 1680 g/mol. The van der Waals surface area contributed by atoms with Gasteiger partial charge in [-0.25, -0.2) is 17.6 Å². The summed E-state index contributed by atoms with van der Waals surface area (Å²) in [4.78, 5) is 70.4. The van der Waals surface area contributed by atoms with E-state index in [0.29, 0.717) is 88.4 Å². The molecule has 6 amide bonds. The van der Waals surface area contributed by atoms with E-state index in [1.165, 1.54) is 24.3 Å². The number of primary amides is 6. The van der Waals surface area contributed by atoms with E-state index in [-0.39, 0.29) is 83.0 Å². The molecule has 0 bridgehead atoms. The summed E-state index contributed by atoms with van der Waals surface area (Å²) in [5, 5.41) is 54.2. The fourth-order valence-corrected chi connectivity index (χ4v) is 13.2. The molecule has 30 nitrogen and oxygen atoms in total. The summed E-state index contributed by atoms with van der Waals surface area (Å²) in [6.07, 6.45) is 10.6. The van der Waals surface area contributed by atoms with E-state index in [1.54, 1.807) is 24.3 Å². The van der Waals surface area contributed by atoms with Crippen molar-refractivity contribution in [1.29, 1.82) is 10.5 Å². The first kappa shape index (κ1) is 92.3. The predicted molar refractivity (Wildman–Crippen MR) is 471 cm³/mol. The van der Waals surface area contributed by atoms with Gasteiger partial charge in [0.15, 0.2) is 0 Å². The molecule has 0 aliphatic heterocycles. The summed E-state index contributed by atoms with van der Waals surface area (Å²) in [6, 6.07) is 55.7. The highest BCUT2D eigenvalue weighted by Crippen LogP contribution is 2.41. The molecule has 16 rings (SSSR count). The third-order valence-corrected chi connectivity index (χ3v) is 20.7. The lowest BCUT2D eigenvalue weighted by Gasteiger charge is -2.18. The summed E-state index contributed by atoms with van der Waals surface area (Å²) in [7, 11) is 0. The molecule has 648 valence electrons. The zero-order valence-corrected chi connectivity index (χ0v) is 67.4. The first-order chi connectivity index (χ1) is 59.2. The molecule has 4 fully saturated rings. The fourth-order valence-electron chi connectivity index (χ4n) is 12.8. The van der Waals surface area contributed by atoms with Crippen LogP contribution < -0.4 is 77.4 Å². The normalized spacial score (nSPS) is 13.7. The number of aromatic nitrogens is 4. The highest BCUT2D eigenvalue weighted by Gasteiger charge is 2.34. The number of nitrogens with one attached hydrogen (secondary N) is 7. The lowest BCUT2D eigenvalue weighted by Crippen LogP contribution is -2.36. The minimum atomic E-state index is -0.819. The summed E-state index contributed by atoms with van der Waals surface area (Å²) >= 11 is 3.19. The molecule has 8 aromatic carbocycles. The Hall–Kier alpha value is -15.0. The van der Waals surface area contributed by atoms with Gasteiger partial charge in [-0.3, -0.25) is 28.8 Å². The average molecular weight is 1770 g/mol. The van der Waals surface area contributed by atoms with Crippen molar-refractivity contribution in [3.63, 3.8) is 0 Å². The number of nitrogens with two attached hydrogens (primary N) is 7. The Kier molecular flexibility index (Phi) is 31.7. The van der Waals surface area contributed by atoms with Crippen LogP contribution in [-0.2, 0) is 19.2 Å². The van der Waals surface area contributed by atoms with Crippen molar-refractivity contribution in [2.45, 2.75) is 116 Å². The van der Waals surface area contributed by atoms with Gasteiger partial charge in [-0.05, 0) is 114 Å². The number of rotatable bonds is 32. The lowest BCUT2D eigenvalue weighted by molar-refractivity contribution is -0.119. The summed E-state index contributed by atoms with van der Waals surface area (Å²) in [5.74, 6) is -3.60. The topological polar surface area (TPSA) is 520 Å². The van der Waals surface area contributed by atoms with Crippen molar-refractivity contribution in [2.75, 3.05) is 43.0 Å². The molecular formula is C90H93BrF4N20O10. The second-order valence-corrected chi connectivity index (χ2v) is 30.5. The lowest BCUT2D eigenvalue weighted by atomic mass is 10.1. The van der Waals surface area contributed by atoms with Gasteiger partial charge < -0.3 is 95.4 Å². The Balaban J connectivity index is 0.000000167. The first-order valence-corrected chi connectivity index (χ1v) is 39.8. The van der Waals surface area contributed by atoms with E-state index in [9.17, 15) is 51.6 Å². The molecule has 21 N–H and O–H groups in total. The molecule has 0 saturated heterocycles. The highest BCUT2D eigenvalue weighted by atomic mass is 79.9. The number of anilines is 11. The number of hydrogen-bond donors (Lipinski definition) is 14. The third kappa shape index (κ3) is 26.5. The van der Waals surface area contributed by atoms with Crippen molar-refractivity contribution < 1.29 is 64.4 Å². The van der Waals surface area contributed by atoms with Gasteiger partial charge in [-0.15, -0.1) is 0 Å². The van der Waals surface area contributed by atoms with Gasteiger partial charge in [0.25, 0.3) is 11.8 Å². The number of halogens is 5. The maximum Gasteiger partial charge on any atom is 0.250 e. The van der Waals surface area contributed by atoms with Crippen LogP contribution in [0.25, 0.3) is 45.0 Å². The molecule has 4 aliphatic rings. The van der Waals surface area contributed by atoms with E-state index >= 15 is 0 Å². The van der Waals surface area contributed by atoms with Crippen LogP contribution in [0.3, 0.4) is 0 Å². The number of nitrogen functional groups attached to an aromatic ring is 1. The Morgan fingerprint density at radius 3 is 0.904 bits per heavy atom. The van der Waals surface area contributed by atoms with E-state index in [2.05, 4.69) is 73.8 Å². The van der Waals surface area contributed by atoms with Crippen molar-refractivity contribution in [3.05, 3.63) is 244 Å². The van der Waals surface area contributed by atoms with E-state index in [0.717, 1.165) is 104 Å². The monoisotopic (exact) mass is 1770 g/mol. The smallest absolute Gasteiger partial charge is 0.250 e. The van der Waals surface area contributed by atoms with Crippen LogP contribution in [0, 0.1) is 69.6 Å². The Bertz CT molecular complexity index is 5660. The minimum absolute atomic E-state index is 0. The molecule has 35 heteroatoms. The van der Waals surface area contributed by atoms with Gasteiger partial charge in [0, 0.05) is 51.0 Å². The van der Waals surface area contributed by atoms with Gasteiger partial charge in [0.1, 0.15) is 82.4 Å². The maximum absolute atomic E-state index is 14.6. The number of hydrogen-bond acceptors (Lipinski definition) is 24. The highest BCUT2D eigenvalue weighted by molar-refractivity contribution is 9.10. The molecule has 4 atom stereocenters. The van der Waals surface area contributed by atoms with Crippen LogP contribution in [-0.4, -0.2) is 80.2 Å². The second kappa shape index (κ2) is 43.0. The summed E-state index contributed by atoms with van der Waals surface area (Å²) < 4.78 is 78.8. The van der Waals surface area contributed by atoms with Crippen LogP contribution in [0.1, 0.15) is 124 Å². The number of benzene rings is 8. The van der Waals surface area contributed by atoms with Gasteiger partial charge in [-0.2, -0.15) is 10.5 Å². The van der Waals surface area contributed by atoms with Crippen LogP contribution >= 0.6 is 15.9 Å². The van der Waals surface area contributed by atoms with E-state index in [4.69, 9.17) is 63.5 Å². The van der Waals surface area contributed by atoms with Crippen molar-refractivity contribution in [1.82, 2.24) is 20.6 Å².